The lowest BCUT2D eigenvalue weighted by Crippen LogP contribution is -2.30. The van der Waals surface area contributed by atoms with E-state index >= 15 is 0 Å². The first kappa shape index (κ1) is 14.7. The average molecular weight is 318 g/mol. The topological polar surface area (TPSA) is 46.3 Å². The van der Waals surface area contributed by atoms with Crippen molar-refractivity contribution in [1.29, 1.82) is 0 Å². The van der Waals surface area contributed by atoms with Crippen molar-refractivity contribution in [2.75, 3.05) is 6.54 Å². The van der Waals surface area contributed by atoms with E-state index in [1.54, 1.807) is 6.07 Å². The molecular weight excluding hydrogens is 300 g/mol. The molecule has 1 saturated heterocycles. The summed E-state index contributed by atoms with van der Waals surface area (Å²) in [5, 5.41) is 4.00. The molecule has 1 atom stereocenters. The van der Waals surface area contributed by atoms with Crippen molar-refractivity contribution in [2.24, 2.45) is 0 Å². The van der Waals surface area contributed by atoms with E-state index in [2.05, 4.69) is 17.3 Å². The Kier molecular flexibility index (Phi) is 3.87. The van der Waals surface area contributed by atoms with Crippen LogP contribution in [0.2, 0.25) is 0 Å². The third kappa shape index (κ3) is 2.71. The van der Waals surface area contributed by atoms with E-state index < -0.39 is 0 Å². The standard InChI is InChI=1S/C20H18N2O2/c23-20(17-14-19(24-21-17)16-10-5-2-6-11-16)22-13-7-12-18(22)15-8-3-1-4-9-15/h1-6,8-11,14,18H,7,12-13H2. The number of carbonyl (C=O) groups is 1. The molecule has 1 fully saturated rings. The molecule has 0 N–H and O–H groups in total. The minimum atomic E-state index is -0.0627. The minimum Gasteiger partial charge on any atom is -0.355 e. The zero-order valence-electron chi connectivity index (χ0n) is 13.3. The molecule has 2 heterocycles. The Morgan fingerprint density at radius 1 is 1.04 bits per heavy atom. The maximum Gasteiger partial charge on any atom is 0.276 e. The van der Waals surface area contributed by atoms with Crippen LogP contribution in [-0.4, -0.2) is 22.5 Å². The summed E-state index contributed by atoms with van der Waals surface area (Å²) in [6.07, 6.45) is 1.99. The monoisotopic (exact) mass is 318 g/mol. The second-order valence-corrected chi connectivity index (χ2v) is 6.01. The quantitative estimate of drug-likeness (QED) is 0.722. The zero-order chi connectivity index (χ0) is 16.4. The summed E-state index contributed by atoms with van der Waals surface area (Å²) >= 11 is 0. The molecule has 1 aliphatic heterocycles. The maximum atomic E-state index is 12.9. The molecule has 1 unspecified atom stereocenters. The molecule has 0 bridgehead atoms. The first-order valence-corrected chi connectivity index (χ1v) is 8.21. The van der Waals surface area contributed by atoms with Crippen LogP contribution in [0.4, 0.5) is 0 Å². The largest absolute Gasteiger partial charge is 0.355 e. The van der Waals surface area contributed by atoms with Crippen LogP contribution in [0.15, 0.2) is 71.3 Å². The Balaban J connectivity index is 1.58. The van der Waals surface area contributed by atoms with E-state index in [9.17, 15) is 4.79 Å². The Morgan fingerprint density at radius 2 is 1.75 bits per heavy atom. The summed E-state index contributed by atoms with van der Waals surface area (Å²) in [7, 11) is 0. The van der Waals surface area contributed by atoms with Gasteiger partial charge in [-0.15, -0.1) is 0 Å². The summed E-state index contributed by atoms with van der Waals surface area (Å²) < 4.78 is 5.37. The van der Waals surface area contributed by atoms with Crippen LogP contribution < -0.4 is 0 Å². The Bertz CT molecular complexity index is 827. The second kappa shape index (κ2) is 6.32. The van der Waals surface area contributed by atoms with Crippen LogP contribution in [0.5, 0.6) is 0 Å². The van der Waals surface area contributed by atoms with Crippen molar-refractivity contribution in [3.63, 3.8) is 0 Å². The van der Waals surface area contributed by atoms with Gasteiger partial charge in [-0.2, -0.15) is 0 Å². The highest BCUT2D eigenvalue weighted by atomic mass is 16.5. The van der Waals surface area contributed by atoms with Crippen molar-refractivity contribution in [3.8, 4) is 11.3 Å². The number of rotatable bonds is 3. The molecule has 0 aliphatic carbocycles. The number of carbonyl (C=O) groups excluding carboxylic acids is 1. The Morgan fingerprint density at radius 3 is 2.50 bits per heavy atom. The fourth-order valence-corrected chi connectivity index (χ4v) is 3.29. The van der Waals surface area contributed by atoms with Crippen molar-refractivity contribution in [3.05, 3.63) is 78.0 Å². The van der Waals surface area contributed by atoms with Crippen LogP contribution in [0.3, 0.4) is 0 Å². The van der Waals surface area contributed by atoms with Gasteiger partial charge >= 0.3 is 0 Å². The van der Waals surface area contributed by atoms with Crippen LogP contribution >= 0.6 is 0 Å². The van der Waals surface area contributed by atoms with Gasteiger partial charge in [0, 0.05) is 18.2 Å². The molecule has 4 heteroatoms. The number of likely N-dealkylation sites (tertiary alicyclic amines) is 1. The number of benzene rings is 2. The highest BCUT2D eigenvalue weighted by molar-refractivity contribution is 5.93. The maximum absolute atomic E-state index is 12.9. The van der Waals surface area contributed by atoms with E-state index in [0.717, 1.165) is 24.9 Å². The SMILES string of the molecule is O=C(c1cc(-c2ccccc2)on1)N1CCCC1c1ccccc1. The molecule has 1 amide bonds. The fourth-order valence-electron chi connectivity index (χ4n) is 3.29. The van der Waals surface area contributed by atoms with Crippen molar-refractivity contribution >= 4 is 5.91 Å². The average Bonchev–Trinajstić information content (AvgIpc) is 3.32. The van der Waals surface area contributed by atoms with Crippen LogP contribution in [0.25, 0.3) is 11.3 Å². The van der Waals surface area contributed by atoms with E-state index in [1.807, 2.05) is 53.4 Å². The Labute approximate surface area is 140 Å². The predicted molar refractivity (Wildman–Crippen MR) is 91.4 cm³/mol. The molecule has 4 nitrogen and oxygen atoms in total. The number of amides is 1. The van der Waals surface area contributed by atoms with E-state index in [-0.39, 0.29) is 11.9 Å². The van der Waals surface area contributed by atoms with Crippen molar-refractivity contribution < 1.29 is 9.32 Å². The summed E-state index contributed by atoms with van der Waals surface area (Å²) in [5.41, 5.74) is 2.47. The van der Waals surface area contributed by atoms with Crippen LogP contribution in [0, 0.1) is 0 Å². The molecule has 0 saturated carbocycles. The van der Waals surface area contributed by atoms with Gasteiger partial charge < -0.3 is 9.42 Å². The first-order chi connectivity index (χ1) is 11.8. The molecule has 3 aromatic rings. The van der Waals surface area contributed by atoms with Crippen molar-refractivity contribution in [1.82, 2.24) is 10.1 Å². The fraction of sp³-hybridized carbons (Fsp3) is 0.200. The summed E-state index contributed by atoms with van der Waals surface area (Å²) in [5.74, 6) is 0.557. The normalized spacial score (nSPS) is 17.2. The van der Waals surface area contributed by atoms with Gasteiger partial charge in [0.05, 0.1) is 6.04 Å². The van der Waals surface area contributed by atoms with Crippen LogP contribution in [-0.2, 0) is 0 Å². The highest BCUT2D eigenvalue weighted by Crippen LogP contribution is 2.33. The molecule has 24 heavy (non-hydrogen) atoms. The zero-order valence-corrected chi connectivity index (χ0v) is 13.3. The highest BCUT2D eigenvalue weighted by Gasteiger charge is 2.32. The summed E-state index contributed by atoms with van der Waals surface area (Å²) in [6.45, 7) is 0.756. The number of hydrogen-bond acceptors (Lipinski definition) is 3. The lowest BCUT2D eigenvalue weighted by molar-refractivity contribution is 0.0725. The van der Waals surface area contributed by atoms with Gasteiger partial charge in [-0.1, -0.05) is 65.8 Å². The molecule has 1 aromatic heterocycles. The molecule has 4 rings (SSSR count). The number of nitrogens with zero attached hydrogens (tertiary/aromatic N) is 2. The second-order valence-electron chi connectivity index (χ2n) is 6.01. The molecule has 120 valence electrons. The van der Waals surface area contributed by atoms with Gasteiger partial charge in [-0.05, 0) is 18.4 Å². The van der Waals surface area contributed by atoms with Crippen molar-refractivity contribution in [2.45, 2.75) is 18.9 Å². The van der Waals surface area contributed by atoms with Gasteiger partial charge in [0.15, 0.2) is 11.5 Å². The van der Waals surface area contributed by atoms with E-state index in [4.69, 9.17) is 4.52 Å². The smallest absolute Gasteiger partial charge is 0.276 e. The first-order valence-electron chi connectivity index (χ1n) is 8.21. The minimum absolute atomic E-state index is 0.0627. The predicted octanol–water partition coefficient (Wildman–Crippen LogP) is 4.32. The lowest BCUT2D eigenvalue weighted by Gasteiger charge is -2.24. The van der Waals surface area contributed by atoms with Gasteiger partial charge in [-0.25, -0.2) is 0 Å². The van der Waals surface area contributed by atoms with Gasteiger partial charge in [0.25, 0.3) is 5.91 Å². The molecule has 2 aromatic carbocycles. The number of aromatic nitrogens is 1. The van der Waals surface area contributed by atoms with E-state index in [0.29, 0.717) is 11.5 Å². The number of hydrogen-bond donors (Lipinski definition) is 0. The molecule has 1 aliphatic rings. The summed E-state index contributed by atoms with van der Waals surface area (Å²) in [4.78, 5) is 14.8. The molecule has 0 radical (unpaired) electrons. The van der Waals surface area contributed by atoms with Crippen LogP contribution in [0.1, 0.15) is 34.9 Å². The molecule has 0 spiro atoms. The van der Waals surface area contributed by atoms with Gasteiger partial charge in [-0.3, -0.25) is 4.79 Å². The lowest BCUT2D eigenvalue weighted by atomic mass is 10.0. The van der Waals surface area contributed by atoms with Gasteiger partial charge in [0.2, 0.25) is 0 Å². The van der Waals surface area contributed by atoms with Gasteiger partial charge in [0.1, 0.15) is 0 Å². The third-order valence-electron chi connectivity index (χ3n) is 4.49. The summed E-state index contributed by atoms with van der Waals surface area (Å²) in [6, 6.07) is 21.7. The third-order valence-corrected chi connectivity index (χ3v) is 4.49. The Hall–Kier alpha value is -2.88. The van der Waals surface area contributed by atoms with E-state index in [1.165, 1.54) is 5.56 Å². The molecular formula is C20H18N2O2.